The molecule has 0 saturated heterocycles. The van der Waals surface area contributed by atoms with Crippen LogP contribution in [0.4, 0.5) is 29.3 Å². The Kier molecular flexibility index (Phi) is 8.11. The van der Waals surface area contributed by atoms with Gasteiger partial charge in [0.15, 0.2) is 5.15 Å². The number of carbonyl (C=O) groups is 1. The van der Waals surface area contributed by atoms with Crippen LogP contribution in [0.1, 0.15) is 48.0 Å². The van der Waals surface area contributed by atoms with E-state index in [1.807, 2.05) is 0 Å². The Morgan fingerprint density at radius 2 is 1.92 bits per heavy atom. The Labute approximate surface area is 229 Å². The fourth-order valence-corrected chi connectivity index (χ4v) is 6.00. The maximum Gasteiger partial charge on any atom is 0.427 e. The summed E-state index contributed by atoms with van der Waals surface area (Å²) >= 11 is 6.19. The SMILES string of the molecule is CCn1cc(S(=O)(=O)N2c3cc(NC(=O)OC(C)(C)C(F)(F)F)ccc3OC(CC(C)(C)C#N)C2C)c(Cl)n1. The Bertz CT molecular complexity index is 1400. The van der Waals surface area contributed by atoms with Gasteiger partial charge in [0.25, 0.3) is 10.0 Å². The molecule has 0 fully saturated rings. The van der Waals surface area contributed by atoms with Gasteiger partial charge in [-0.25, -0.2) is 13.2 Å². The molecule has 1 aromatic carbocycles. The number of ether oxygens (including phenoxy) is 2. The number of nitrogens with zero attached hydrogens (tertiary/aromatic N) is 4. The van der Waals surface area contributed by atoms with Crippen LogP contribution in [-0.4, -0.2) is 48.2 Å². The third-order valence-corrected chi connectivity index (χ3v) is 8.51. The number of halogens is 4. The van der Waals surface area contributed by atoms with Gasteiger partial charge in [0.1, 0.15) is 16.7 Å². The molecule has 1 N–H and O–H groups in total. The lowest BCUT2D eigenvalue weighted by atomic mass is 9.86. The van der Waals surface area contributed by atoms with Gasteiger partial charge >= 0.3 is 12.3 Å². The molecule has 2 heterocycles. The third-order valence-electron chi connectivity index (χ3n) is 6.22. The average molecular weight is 592 g/mol. The van der Waals surface area contributed by atoms with Crippen molar-refractivity contribution in [1.82, 2.24) is 9.78 Å². The molecule has 2 atom stereocenters. The summed E-state index contributed by atoms with van der Waals surface area (Å²) in [5.41, 5.74) is -3.66. The molecule has 1 amide bonds. The van der Waals surface area contributed by atoms with Crippen molar-refractivity contribution in [2.24, 2.45) is 5.41 Å². The van der Waals surface area contributed by atoms with Crippen LogP contribution in [0, 0.1) is 16.7 Å². The number of nitriles is 1. The normalized spacial score (nSPS) is 18.1. The number of aromatic nitrogens is 2. The predicted octanol–water partition coefficient (Wildman–Crippen LogP) is 5.73. The quantitative estimate of drug-likeness (QED) is 0.435. The number of anilines is 2. The Morgan fingerprint density at radius 3 is 2.46 bits per heavy atom. The first-order valence-electron chi connectivity index (χ1n) is 11.9. The van der Waals surface area contributed by atoms with Crippen LogP contribution < -0.4 is 14.4 Å². The number of fused-ring (bicyclic) bond motifs is 1. The van der Waals surface area contributed by atoms with E-state index in [-0.39, 0.29) is 33.6 Å². The molecule has 39 heavy (non-hydrogen) atoms. The molecule has 0 radical (unpaired) electrons. The molecule has 1 aliphatic heterocycles. The van der Waals surface area contributed by atoms with Crippen molar-refractivity contribution >= 4 is 39.1 Å². The highest BCUT2D eigenvalue weighted by Crippen LogP contribution is 2.44. The number of hydrogen-bond donors (Lipinski definition) is 1. The van der Waals surface area contributed by atoms with Crippen LogP contribution in [0.15, 0.2) is 29.3 Å². The molecule has 214 valence electrons. The van der Waals surface area contributed by atoms with Gasteiger partial charge in [0.05, 0.1) is 23.2 Å². The van der Waals surface area contributed by atoms with Crippen molar-refractivity contribution in [1.29, 1.82) is 5.26 Å². The molecular formula is C24H29ClF3N5O5S. The monoisotopic (exact) mass is 591 g/mol. The minimum Gasteiger partial charge on any atom is -0.486 e. The maximum absolute atomic E-state index is 14.0. The summed E-state index contributed by atoms with van der Waals surface area (Å²) in [6.07, 6.45) is -5.50. The molecule has 0 saturated carbocycles. The largest absolute Gasteiger partial charge is 0.486 e. The number of aryl methyl sites for hydroxylation is 1. The molecule has 2 aromatic rings. The van der Waals surface area contributed by atoms with E-state index in [0.29, 0.717) is 20.4 Å². The molecule has 10 nitrogen and oxygen atoms in total. The topological polar surface area (TPSA) is 127 Å². The zero-order valence-electron chi connectivity index (χ0n) is 22.1. The van der Waals surface area contributed by atoms with E-state index in [0.717, 1.165) is 4.31 Å². The second kappa shape index (κ2) is 10.4. The van der Waals surface area contributed by atoms with Crippen molar-refractivity contribution < 1.29 is 35.9 Å². The fraction of sp³-hybridized carbons (Fsp3) is 0.542. The number of carbonyl (C=O) groups excluding carboxylic acids is 1. The van der Waals surface area contributed by atoms with Crippen LogP contribution >= 0.6 is 11.6 Å². The van der Waals surface area contributed by atoms with Crippen molar-refractivity contribution in [3.05, 3.63) is 29.5 Å². The van der Waals surface area contributed by atoms with Crippen LogP contribution in [0.5, 0.6) is 5.75 Å². The maximum atomic E-state index is 14.0. The zero-order valence-corrected chi connectivity index (χ0v) is 23.7. The number of sulfonamides is 1. The zero-order chi connectivity index (χ0) is 29.6. The van der Waals surface area contributed by atoms with Crippen LogP contribution in [0.3, 0.4) is 0 Å². The predicted molar refractivity (Wildman–Crippen MR) is 137 cm³/mol. The minimum absolute atomic E-state index is 0.00158. The van der Waals surface area contributed by atoms with Crippen molar-refractivity contribution in [3.63, 3.8) is 0 Å². The van der Waals surface area contributed by atoms with Gasteiger partial charge in [0, 0.05) is 24.8 Å². The summed E-state index contributed by atoms with van der Waals surface area (Å²) in [4.78, 5) is 12.0. The number of nitrogens with one attached hydrogen (secondary N) is 1. The molecule has 0 aliphatic carbocycles. The van der Waals surface area contributed by atoms with Gasteiger partial charge < -0.3 is 9.47 Å². The lowest BCUT2D eigenvalue weighted by Crippen LogP contribution is -2.51. The van der Waals surface area contributed by atoms with Crippen molar-refractivity contribution in [2.45, 2.75) is 83.3 Å². The Balaban J connectivity index is 2.07. The highest BCUT2D eigenvalue weighted by atomic mass is 35.5. The van der Waals surface area contributed by atoms with E-state index < -0.39 is 45.5 Å². The number of benzene rings is 1. The Morgan fingerprint density at radius 1 is 1.28 bits per heavy atom. The van der Waals surface area contributed by atoms with Gasteiger partial charge in [0.2, 0.25) is 5.60 Å². The molecule has 15 heteroatoms. The van der Waals surface area contributed by atoms with Gasteiger partial charge in [-0.05, 0) is 59.7 Å². The van der Waals surface area contributed by atoms with E-state index in [2.05, 4.69) is 21.2 Å². The second-order valence-electron chi connectivity index (χ2n) is 10.2. The standard InChI is InChI=1S/C24H29ClF3N5O5S/c1-7-32-12-19(20(25)31-32)39(35,36)33-14(2)18(11-22(3,4)13-29)37-17-9-8-15(10-16(17)33)30-21(34)38-23(5,6)24(26,27)28/h8-10,12,14,18H,7,11H2,1-6H3,(H,30,34). The second-order valence-corrected chi connectivity index (χ2v) is 12.4. The smallest absolute Gasteiger partial charge is 0.427 e. The minimum atomic E-state index is -4.82. The summed E-state index contributed by atoms with van der Waals surface area (Å²) in [6.45, 7) is 8.49. The number of hydrogen-bond acceptors (Lipinski definition) is 7. The third kappa shape index (κ3) is 6.19. The first kappa shape index (κ1) is 30.4. The van der Waals surface area contributed by atoms with E-state index in [1.165, 1.54) is 29.1 Å². The molecule has 1 aromatic heterocycles. The lowest BCUT2D eigenvalue weighted by molar-refractivity contribution is -0.242. The van der Waals surface area contributed by atoms with Gasteiger partial charge in [-0.2, -0.15) is 23.5 Å². The summed E-state index contributed by atoms with van der Waals surface area (Å²) in [7, 11) is -4.37. The van der Waals surface area contributed by atoms with Crippen LogP contribution in [0.25, 0.3) is 0 Å². The highest BCUT2D eigenvalue weighted by Gasteiger charge is 2.51. The molecule has 0 spiro atoms. The van der Waals surface area contributed by atoms with Crippen molar-refractivity contribution in [2.75, 3.05) is 9.62 Å². The molecule has 0 bridgehead atoms. The van der Waals surface area contributed by atoms with Crippen LogP contribution in [0.2, 0.25) is 5.15 Å². The van der Waals surface area contributed by atoms with Crippen LogP contribution in [-0.2, 0) is 21.3 Å². The Hall–Kier alpha value is -3.18. The lowest BCUT2D eigenvalue weighted by Gasteiger charge is -2.42. The van der Waals surface area contributed by atoms with Gasteiger partial charge in [-0.3, -0.25) is 14.3 Å². The summed E-state index contributed by atoms with van der Waals surface area (Å²) < 4.78 is 80.4. The fourth-order valence-electron chi connectivity index (χ4n) is 3.86. The number of amides is 1. The summed E-state index contributed by atoms with van der Waals surface area (Å²) in [5, 5.41) is 15.5. The van der Waals surface area contributed by atoms with E-state index in [9.17, 15) is 31.6 Å². The van der Waals surface area contributed by atoms with E-state index in [4.69, 9.17) is 16.3 Å². The highest BCUT2D eigenvalue weighted by molar-refractivity contribution is 7.93. The molecule has 2 unspecified atom stereocenters. The van der Waals surface area contributed by atoms with Crippen molar-refractivity contribution in [3.8, 4) is 11.8 Å². The average Bonchev–Trinajstić information content (AvgIpc) is 3.20. The van der Waals surface area contributed by atoms with E-state index >= 15 is 0 Å². The number of rotatable bonds is 7. The molecule has 1 aliphatic rings. The molecule has 3 rings (SSSR count). The first-order valence-corrected chi connectivity index (χ1v) is 13.7. The first-order chi connectivity index (χ1) is 17.8. The van der Waals surface area contributed by atoms with Gasteiger partial charge in [-0.1, -0.05) is 11.6 Å². The van der Waals surface area contributed by atoms with Gasteiger partial charge in [-0.15, -0.1) is 0 Å². The van der Waals surface area contributed by atoms with E-state index in [1.54, 1.807) is 27.7 Å². The summed E-state index contributed by atoms with van der Waals surface area (Å²) in [5.74, 6) is 0.115. The summed E-state index contributed by atoms with van der Waals surface area (Å²) in [6, 6.07) is 5.26. The molecular weight excluding hydrogens is 563 g/mol. The number of alkyl halides is 3.